The zero-order chi connectivity index (χ0) is 22.4. The summed E-state index contributed by atoms with van der Waals surface area (Å²) < 4.78 is 11.4. The molecular weight excluding hydrogens is 416 g/mol. The Balaban J connectivity index is 2.31. The van der Waals surface area contributed by atoms with Crippen LogP contribution in [0.4, 0.5) is 10.8 Å². The second-order valence-electron chi connectivity index (χ2n) is 6.22. The Labute approximate surface area is 176 Å². The molecule has 0 spiro atoms. The second-order valence-corrected chi connectivity index (χ2v) is 7.24. The molecule has 30 heavy (non-hydrogen) atoms. The minimum Gasteiger partial charge on any atom is -0.462 e. The minimum absolute atomic E-state index is 0.0769. The Kier molecular flexibility index (Phi) is 7.64. The summed E-state index contributed by atoms with van der Waals surface area (Å²) in [5.41, 5.74) is 0.850. The standard InChI is InChI=1S/C18H22N4O7S/c1-5-7-29-17(24)14-11(4)15(18(25)28-6-2)30-16(14)19-13(23)9-21-10(3)8-12(20-21)22(26)27/h8H,5-7,9H2,1-4H3,(H,19,23). The van der Waals surface area contributed by atoms with Crippen LogP contribution in [-0.2, 0) is 20.8 Å². The van der Waals surface area contributed by atoms with Gasteiger partial charge in [0.05, 0.1) is 35.6 Å². The van der Waals surface area contributed by atoms with Gasteiger partial charge in [-0.05, 0) is 37.7 Å². The van der Waals surface area contributed by atoms with E-state index in [2.05, 4.69) is 10.4 Å². The first-order valence-corrected chi connectivity index (χ1v) is 9.97. The van der Waals surface area contributed by atoms with E-state index in [-0.39, 0.29) is 41.0 Å². The number of carbonyl (C=O) groups is 3. The van der Waals surface area contributed by atoms with Gasteiger partial charge in [0.1, 0.15) is 16.4 Å². The fraction of sp³-hybridized carbons (Fsp3) is 0.444. The number of esters is 2. The number of amides is 1. The zero-order valence-electron chi connectivity index (χ0n) is 17.0. The number of nitro groups is 1. The summed E-state index contributed by atoms with van der Waals surface area (Å²) in [7, 11) is 0. The highest BCUT2D eigenvalue weighted by atomic mass is 32.1. The van der Waals surface area contributed by atoms with Crippen LogP contribution in [0.2, 0.25) is 0 Å². The molecule has 0 unspecified atom stereocenters. The van der Waals surface area contributed by atoms with Gasteiger partial charge in [0.25, 0.3) is 0 Å². The van der Waals surface area contributed by atoms with Gasteiger partial charge >= 0.3 is 17.8 Å². The van der Waals surface area contributed by atoms with E-state index in [0.717, 1.165) is 11.3 Å². The third-order valence-electron chi connectivity index (χ3n) is 3.95. The number of rotatable bonds is 9. The SMILES string of the molecule is CCCOC(=O)c1c(NC(=O)Cn2nc([N+](=O)[O-])cc2C)sc(C(=O)OCC)c1C. The highest BCUT2D eigenvalue weighted by Crippen LogP contribution is 2.34. The molecule has 0 saturated carbocycles. The van der Waals surface area contributed by atoms with Crippen LogP contribution >= 0.6 is 11.3 Å². The van der Waals surface area contributed by atoms with Gasteiger partial charge in [-0.3, -0.25) is 4.79 Å². The average Bonchev–Trinajstić information content (AvgIpc) is 3.20. The van der Waals surface area contributed by atoms with E-state index in [9.17, 15) is 24.5 Å². The molecule has 0 atom stereocenters. The Morgan fingerprint density at radius 2 is 1.93 bits per heavy atom. The molecular formula is C18H22N4O7S. The molecule has 162 valence electrons. The first kappa shape index (κ1) is 23.0. The maximum Gasteiger partial charge on any atom is 0.390 e. The summed E-state index contributed by atoms with van der Waals surface area (Å²) >= 11 is 0.904. The number of anilines is 1. The highest BCUT2D eigenvalue weighted by Gasteiger charge is 2.28. The van der Waals surface area contributed by atoms with E-state index in [0.29, 0.717) is 17.7 Å². The van der Waals surface area contributed by atoms with Crippen molar-refractivity contribution in [3.63, 3.8) is 0 Å². The Hall–Kier alpha value is -3.28. The van der Waals surface area contributed by atoms with Gasteiger partial charge in [-0.1, -0.05) is 6.92 Å². The topological polar surface area (TPSA) is 143 Å². The van der Waals surface area contributed by atoms with Crippen LogP contribution in [0.15, 0.2) is 6.07 Å². The van der Waals surface area contributed by atoms with Crippen LogP contribution in [0.3, 0.4) is 0 Å². The highest BCUT2D eigenvalue weighted by molar-refractivity contribution is 7.18. The summed E-state index contributed by atoms with van der Waals surface area (Å²) in [4.78, 5) is 47.6. The number of hydrogen-bond acceptors (Lipinski definition) is 9. The van der Waals surface area contributed by atoms with Gasteiger partial charge in [-0.25, -0.2) is 9.59 Å². The molecule has 1 N–H and O–H groups in total. The average molecular weight is 438 g/mol. The first-order chi connectivity index (χ1) is 14.2. The quantitative estimate of drug-likeness (QED) is 0.358. The zero-order valence-corrected chi connectivity index (χ0v) is 17.8. The van der Waals surface area contributed by atoms with E-state index < -0.39 is 22.8 Å². The summed E-state index contributed by atoms with van der Waals surface area (Å²) in [6.45, 7) is 6.68. The molecule has 11 nitrogen and oxygen atoms in total. The molecule has 2 aromatic rings. The number of hydrogen-bond donors (Lipinski definition) is 1. The minimum atomic E-state index is -0.664. The van der Waals surface area contributed by atoms with E-state index in [1.54, 1.807) is 20.8 Å². The van der Waals surface area contributed by atoms with Crippen LogP contribution in [0, 0.1) is 24.0 Å². The molecule has 0 aliphatic heterocycles. The lowest BCUT2D eigenvalue weighted by Crippen LogP contribution is -2.21. The van der Waals surface area contributed by atoms with E-state index in [1.165, 1.54) is 10.7 Å². The van der Waals surface area contributed by atoms with E-state index in [4.69, 9.17) is 9.47 Å². The van der Waals surface area contributed by atoms with Crippen molar-refractivity contribution in [1.82, 2.24) is 9.78 Å². The number of aryl methyl sites for hydroxylation is 1. The van der Waals surface area contributed by atoms with Gasteiger partial charge < -0.3 is 24.9 Å². The predicted octanol–water partition coefficient (Wildman–Crippen LogP) is 2.85. The van der Waals surface area contributed by atoms with Crippen molar-refractivity contribution in [2.75, 3.05) is 18.5 Å². The summed E-state index contributed by atoms with van der Waals surface area (Å²) in [6, 6.07) is 1.25. The lowest BCUT2D eigenvalue weighted by molar-refractivity contribution is -0.389. The maximum absolute atomic E-state index is 12.5. The largest absolute Gasteiger partial charge is 0.462 e. The van der Waals surface area contributed by atoms with Gasteiger partial charge in [0.15, 0.2) is 0 Å². The molecule has 0 aromatic carbocycles. The van der Waals surface area contributed by atoms with Crippen molar-refractivity contribution in [3.8, 4) is 0 Å². The van der Waals surface area contributed by atoms with Crippen molar-refractivity contribution in [3.05, 3.63) is 37.9 Å². The summed E-state index contributed by atoms with van der Waals surface area (Å²) in [5.74, 6) is -2.22. The van der Waals surface area contributed by atoms with Crippen LogP contribution in [0.25, 0.3) is 0 Å². The number of thiophene rings is 1. The van der Waals surface area contributed by atoms with Crippen LogP contribution in [-0.4, -0.2) is 45.8 Å². The third kappa shape index (κ3) is 5.20. The lowest BCUT2D eigenvalue weighted by atomic mass is 10.1. The molecule has 0 aliphatic rings. The lowest BCUT2D eigenvalue weighted by Gasteiger charge is -2.07. The number of carbonyl (C=O) groups excluding carboxylic acids is 3. The third-order valence-corrected chi connectivity index (χ3v) is 5.14. The molecule has 0 fully saturated rings. The Morgan fingerprint density at radius 3 is 2.50 bits per heavy atom. The van der Waals surface area contributed by atoms with E-state index in [1.807, 2.05) is 6.92 Å². The summed E-state index contributed by atoms with van der Waals surface area (Å²) in [5, 5.41) is 17.3. The van der Waals surface area contributed by atoms with Gasteiger partial charge in [-0.15, -0.1) is 11.3 Å². The van der Waals surface area contributed by atoms with Crippen molar-refractivity contribution in [2.45, 2.75) is 40.7 Å². The molecule has 2 rings (SSSR count). The predicted molar refractivity (Wildman–Crippen MR) is 108 cm³/mol. The maximum atomic E-state index is 12.5. The van der Waals surface area contributed by atoms with Crippen LogP contribution in [0.1, 0.15) is 51.6 Å². The molecule has 0 saturated heterocycles. The van der Waals surface area contributed by atoms with Crippen molar-refractivity contribution in [2.24, 2.45) is 0 Å². The molecule has 0 radical (unpaired) electrons. The van der Waals surface area contributed by atoms with Crippen molar-refractivity contribution in [1.29, 1.82) is 0 Å². The van der Waals surface area contributed by atoms with Crippen LogP contribution in [0.5, 0.6) is 0 Å². The number of nitrogens with zero attached hydrogens (tertiary/aromatic N) is 3. The molecule has 1 amide bonds. The molecule has 0 aliphatic carbocycles. The normalized spacial score (nSPS) is 10.5. The summed E-state index contributed by atoms with van der Waals surface area (Å²) in [6.07, 6.45) is 0.610. The number of nitrogens with one attached hydrogen (secondary N) is 1. The monoisotopic (exact) mass is 438 g/mol. The molecule has 0 bridgehead atoms. The molecule has 12 heteroatoms. The Bertz CT molecular complexity index is 980. The Morgan fingerprint density at radius 1 is 1.23 bits per heavy atom. The molecule has 2 aromatic heterocycles. The fourth-order valence-electron chi connectivity index (χ4n) is 2.55. The van der Waals surface area contributed by atoms with E-state index >= 15 is 0 Å². The van der Waals surface area contributed by atoms with Gasteiger partial charge in [-0.2, -0.15) is 4.68 Å². The fourth-order valence-corrected chi connectivity index (χ4v) is 3.65. The van der Waals surface area contributed by atoms with Gasteiger partial charge in [0, 0.05) is 0 Å². The molecule has 2 heterocycles. The van der Waals surface area contributed by atoms with Crippen molar-refractivity contribution < 1.29 is 28.8 Å². The van der Waals surface area contributed by atoms with Crippen LogP contribution < -0.4 is 5.32 Å². The number of aromatic nitrogens is 2. The van der Waals surface area contributed by atoms with Gasteiger partial charge in [0.2, 0.25) is 5.91 Å². The number of ether oxygens (including phenoxy) is 2. The second kappa shape index (κ2) is 9.96. The van der Waals surface area contributed by atoms with Crippen molar-refractivity contribution >= 4 is 40.0 Å². The first-order valence-electron chi connectivity index (χ1n) is 9.15. The smallest absolute Gasteiger partial charge is 0.390 e.